The SMILES string of the molecule is OC[C@@H](Cc1ccco1)Cn1ccnc1-c1cc2n(n1)CCCNC2. The number of furan rings is 1. The summed E-state index contributed by atoms with van der Waals surface area (Å²) in [6.45, 7) is 3.57. The predicted molar refractivity (Wildman–Crippen MR) is 92.8 cm³/mol. The number of nitrogens with zero attached hydrogens (tertiary/aromatic N) is 4. The first kappa shape index (κ1) is 16.1. The molecule has 3 aromatic heterocycles. The van der Waals surface area contributed by atoms with Crippen molar-refractivity contribution in [1.29, 1.82) is 0 Å². The number of nitrogens with one attached hydrogen (secondary N) is 1. The summed E-state index contributed by atoms with van der Waals surface area (Å²) < 4.78 is 9.55. The molecule has 1 aliphatic rings. The van der Waals surface area contributed by atoms with Crippen LogP contribution in [0.1, 0.15) is 17.9 Å². The fourth-order valence-corrected chi connectivity index (χ4v) is 3.34. The van der Waals surface area contributed by atoms with Gasteiger partial charge >= 0.3 is 0 Å². The zero-order valence-corrected chi connectivity index (χ0v) is 14.1. The van der Waals surface area contributed by atoms with Gasteiger partial charge in [0.15, 0.2) is 5.82 Å². The Hall–Kier alpha value is -2.38. The Bertz CT molecular complexity index is 782. The van der Waals surface area contributed by atoms with Crippen molar-refractivity contribution >= 4 is 0 Å². The molecule has 0 unspecified atom stereocenters. The van der Waals surface area contributed by atoms with Crippen LogP contribution in [0.15, 0.2) is 41.3 Å². The van der Waals surface area contributed by atoms with E-state index in [2.05, 4.69) is 25.6 Å². The molecule has 25 heavy (non-hydrogen) atoms. The van der Waals surface area contributed by atoms with Gasteiger partial charge in [-0.2, -0.15) is 5.10 Å². The lowest BCUT2D eigenvalue weighted by Crippen LogP contribution is -2.17. The van der Waals surface area contributed by atoms with Gasteiger partial charge in [-0.05, 0) is 31.2 Å². The molecule has 0 saturated heterocycles. The minimum Gasteiger partial charge on any atom is -0.469 e. The van der Waals surface area contributed by atoms with E-state index in [0.29, 0.717) is 13.0 Å². The van der Waals surface area contributed by atoms with Crippen LogP contribution >= 0.6 is 0 Å². The molecule has 0 aromatic carbocycles. The molecular formula is C18H23N5O2. The van der Waals surface area contributed by atoms with E-state index >= 15 is 0 Å². The Balaban J connectivity index is 1.54. The van der Waals surface area contributed by atoms with Gasteiger partial charge in [0.05, 0.1) is 12.0 Å². The van der Waals surface area contributed by atoms with Gasteiger partial charge in [0.1, 0.15) is 11.5 Å². The number of aliphatic hydroxyl groups excluding tert-OH is 1. The molecule has 3 aromatic rings. The fourth-order valence-electron chi connectivity index (χ4n) is 3.34. The molecule has 2 N–H and O–H groups in total. The highest BCUT2D eigenvalue weighted by atomic mass is 16.3. The second kappa shape index (κ2) is 7.25. The number of fused-ring (bicyclic) bond motifs is 1. The van der Waals surface area contributed by atoms with Crippen molar-refractivity contribution in [3.05, 3.63) is 48.3 Å². The van der Waals surface area contributed by atoms with Crippen LogP contribution in [0, 0.1) is 5.92 Å². The lowest BCUT2D eigenvalue weighted by Gasteiger charge is -2.15. The van der Waals surface area contributed by atoms with Crippen molar-refractivity contribution < 1.29 is 9.52 Å². The van der Waals surface area contributed by atoms with Crippen LogP contribution in [0.25, 0.3) is 11.5 Å². The summed E-state index contributed by atoms with van der Waals surface area (Å²) >= 11 is 0. The van der Waals surface area contributed by atoms with Crippen molar-refractivity contribution in [2.45, 2.75) is 32.5 Å². The molecule has 7 heteroatoms. The summed E-state index contributed by atoms with van der Waals surface area (Å²) in [5, 5.41) is 17.9. The maximum absolute atomic E-state index is 9.75. The van der Waals surface area contributed by atoms with Crippen LogP contribution in [-0.2, 0) is 26.1 Å². The third kappa shape index (κ3) is 3.52. The van der Waals surface area contributed by atoms with Crippen LogP contribution in [-0.4, -0.2) is 37.6 Å². The Kier molecular flexibility index (Phi) is 4.67. The molecule has 0 radical (unpaired) electrons. The van der Waals surface area contributed by atoms with E-state index in [4.69, 9.17) is 9.52 Å². The van der Waals surface area contributed by atoms with Crippen molar-refractivity contribution in [1.82, 2.24) is 24.6 Å². The van der Waals surface area contributed by atoms with Crippen LogP contribution in [0.3, 0.4) is 0 Å². The van der Waals surface area contributed by atoms with E-state index in [0.717, 1.165) is 43.3 Å². The van der Waals surface area contributed by atoms with E-state index in [1.165, 1.54) is 5.69 Å². The molecule has 0 aliphatic carbocycles. The summed E-state index contributed by atoms with van der Waals surface area (Å²) in [6.07, 6.45) is 7.18. The number of aryl methyl sites for hydroxylation is 1. The van der Waals surface area contributed by atoms with Crippen LogP contribution in [0.4, 0.5) is 0 Å². The minimum atomic E-state index is 0.0706. The highest BCUT2D eigenvalue weighted by Crippen LogP contribution is 2.21. The average molecular weight is 341 g/mol. The number of imidazole rings is 1. The monoisotopic (exact) mass is 341 g/mol. The van der Waals surface area contributed by atoms with Crippen molar-refractivity contribution in [3.8, 4) is 11.5 Å². The number of aliphatic hydroxyl groups is 1. The number of rotatable bonds is 6. The summed E-state index contributed by atoms with van der Waals surface area (Å²) in [5.41, 5.74) is 2.08. The zero-order chi connectivity index (χ0) is 17.1. The lowest BCUT2D eigenvalue weighted by atomic mass is 10.0. The van der Waals surface area contributed by atoms with Crippen molar-refractivity contribution in [2.24, 2.45) is 5.92 Å². The molecule has 4 rings (SSSR count). The maximum Gasteiger partial charge on any atom is 0.160 e. The second-order valence-electron chi connectivity index (χ2n) is 6.51. The van der Waals surface area contributed by atoms with Gasteiger partial charge in [-0.25, -0.2) is 4.98 Å². The molecule has 4 heterocycles. The van der Waals surface area contributed by atoms with Crippen LogP contribution < -0.4 is 5.32 Å². The summed E-state index contributed by atoms with van der Waals surface area (Å²) in [5.74, 6) is 1.81. The highest BCUT2D eigenvalue weighted by Gasteiger charge is 2.18. The van der Waals surface area contributed by atoms with E-state index in [1.54, 1.807) is 12.5 Å². The first-order valence-electron chi connectivity index (χ1n) is 8.75. The van der Waals surface area contributed by atoms with Gasteiger partial charge < -0.3 is 19.4 Å². The first-order valence-corrected chi connectivity index (χ1v) is 8.75. The smallest absolute Gasteiger partial charge is 0.160 e. The minimum absolute atomic E-state index is 0.0706. The number of hydrogen-bond donors (Lipinski definition) is 2. The van der Waals surface area contributed by atoms with Crippen LogP contribution in [0.5, 0.6) is 0 Å². The van der Waals surface area contributed by atoms with E-state index in [9.17, 15) is 5.11 Å². The van der Waals surface area contributed by atoms with Crippen molar-refractivity contribution in [2.75, 3.05) is 13.2 Å². The van der Waals surface area contributed by atoms with E-state index in [-0.39, 0.29) is 12.5 Å². The largest absolute Gasteiger partial charge is 0.469 e. The first-order chi connectivity index (χ1) is 12.3. The van der Waals surface area contributed by atoms with Gasteiger partial charge in [0.25, 0.3) is 0 Å². The molecule has 0 amide bonds. The summed E-state index contributed by atoms with van der Waals surface area (Å²) in [7, 11) is 0. The molecule has 1 atom stereocenters. The van der Waals surface area contributed by atoms with Gasteiger partial charge in [0, 0.05) is 51.0 Å². The fraction of sp³-hybridized carbons (Fsp3) is 0.444. The van der Waals surface area contributed by atoms with E-state index < -0.39 is 0 Å². The standard InChI is InChI=1S/C18H23N5O2/c24-13-14(9-16-3-1-8-25-16)12-22-7-5-20-18(22)17-10-15-11-19-4-2-6-23(15)21-17/h1,3,5,7-8,10,14,19,24H,2,4,6,9,11-13H2/t14-/m0/s1. The Labute approximate surface area is 146 Å². The molecular weight excluding hydrogens is 318 g/mol. The summed E-state index contributed by atoms with van der Waals surface area (Å²) in [4.78, 5) is 4.50. The van der Waals surface area contributed by atoms with Crippen LogP contribution in [0.2, 0.25) is 0 Å². The maximum atomic E-state index is 9.75. The molecule has 7 nitrogen and oxygen atoms in total. The Morgan fingerprint density at radius 3 is 3.20 bits per heavy atom. The topological polar surface area (TPSA) is 81.0 Å². The quantitative estimate of drug-likeness (QED) is 0.713. The highest BCUT2D eigenvalue weighted by molar-refractivity contribution is 5.50. The van der Waals surface area contributed by atoms with Crippen molar-refractivity contribution in [3.63, 3.8) is 0 Å². The third-order valence-electron chi connectivity index (χ3n) is 4.62. The van der Waals surface area contributed by atoms with E-state index in [1.807, 2.05) is 18.3 Å². The Morgan fingerprint density at radius 1 is 1.40 bits per heavy atom. The zero-order valence-electron chi connectivity index (χ0n) is 14.1. The lowest BCUT2D eigenvalue weighted by molar-refractivity contribution is 0.204. The number of hydrogen-bond acceptors (Lipinski definition) is 5. The molecule has 1 aliphatic heterocycles. The van der Waals surface area contributed by atoms with Gasteiger partial charge in [-0.1, -0.05) is 0 Å². The van der Waals surface area contributed by atoms with Gasteiger partial charge in [0.2, 0.25) is 0 Å². The predicted octanol–water partition coefficient (Wildman–Crippen LogP) is 1.68. The molecule has 0 saturated carbocycles. The Morgan fingerprint density at radius 2 is 2.36 bits per heavy atom. The van der Waals surface area contributed by atoms with Gasteiger partial charge in [-0.3, -0.25) is 4.68 Å². The second-order valence-corrected chi connectivity index (χ2v) is 6.51. The normalized spacial score (nSPS) is 15.7. The molecule has 132 valence electrons. The molecule has 0 bridgehead atoms. The number of aromatic nitrogens is 4. The summed E-state index contributed by atoms with van der Waals surface area (Å²) in [6, 6.07) is 5.92. The molecule has 0 fully saturated rings. The van der Waals surface area contributed by atoms with Gasteiger partial charge in [-0.15, -0.1) is 0 Å². The third-order valence-corrected chi connectivity index (χ3v) is 4.62. The average Bonchev–Trinajstić information content (AvgIpc) is 3.34. The molecule has 0 spiro atoms.